The number of piperidine rings is 1. The summed E-state index contributed by atoms with van der Waals surface area (Å²) in [5, 5.41) is 6.83. The number of hydrogen-bond acceptors (Lipinski definition) is 5. The molecule has 1 aromatic carbocycles. The summed E-state index contributed by atoms with van der Waals surface area (Å²) in [7, 11) is 0. The molecule has 3 amide bonds. The summed E-state index contributed by atoms with van der Waals surface area (Å²) in [5.74, 6) is 1.22. The normalized spacial score (nSPS) is 24.3. The number of H-pyrrole nitrogens is 1. The number of nitrogens with one attached hydrogen (secondary N) is 1. The molecule has 0 saturated carbocycles. The highest BCUT2D eigenvalue weighted by Crippen LogP contribution is 2.32. The largest absolute Gasteiger partial charge is 0.368 e. The third-order valence-corrected chi connectivity index (χ3v) is 6.96. The Labute approximate surface area is 181 Å². The lowest BCUT2D eigenvalue weighted by atomic mass is 9.91. The van der Waals surface area contributed by atoms with Gasteiger partial charge >= 0.3 is 6.03 Å². The molecule has 0 spiro atoms. The topological polar surface area (TPSA) is 111 Å². The lowest BCUT2D eigenvalue weighted by Gasteiger charge is -2.41. The van der Waals surface area contributed by atoms with E-state index in [1.54, 1.807) is 0 Å². The van der Waals surface area contributed by atoms with Crippen molar-refractivity contribution < 1.29 is 9.59 Å². The van der Waals surface area contributed by atoms with E-state index in [1.807, 2.05) is 9.80 Å². The number of carbonyl (C=O) groups is 2. The van der Waals surface area contributed by atoms with Gasteiger partial charge in [-0.25, -0.2) is 9.78 Å². The fourth-order valence-electron chi connectivity index (χ4n) is 5.09. The van der Waals surface area contributed by atoms with Crippen LogP contribution in [0.15, 0.2) is 30.6 Å². The van der Waals surface area contributed by atoms with Crippen LogP contribution in [0.3, 0.4) is 0 Å². The van der Waals surface area contributed by atoms with Gasteiger partial charge in [-0.2, -0.15) is 5.10 Å². The number of primary amides is 1. The van der Waals surface area contributed by atoms with Gasteiger partial charge in [0.05, 0.1) is 0 Å². The number of rotatable bonds is 4. The Hall–Kier alpha value is -3.10. The fraction of sp³-hybridized carbons (Fsp3) is 0.545. The Morgan fingerprint density at radius 3 is 2.45 bits per heavy atom. The summed E-state index contributed by atoms with van der Waals surface area (Å²) < 4.78 is 0. The molecule has 164 valence electrons. The maximum absolute atomic E-state index is 12.8. The van der Waals surface area contributed by atoms with Gasteiger partial charge in [0.15, 0.2) is 0 Å². The number of hydrogen-bond donors (Lipinski definition) is 2. The molecule has 0 aliphatic carbocycles. The van der Waals surface area contributed by atoms with Crippen LogP contribution < -0.4 is 10.6 Å². The van der Waals surface area contributed by atoms with Gasteiger partial charge in [0, 0.05) is 50.2 Å². The number of carbonyl (C=O) groups excluding carboxylic acids is 2. The van der Waals surface area contributed by atoms with Gasteiger partial charge in [-0.1, -0.05) is 12.1 Å². The number of likely N-dealkylation sites (tertiary alicyclic amines) is 2. The van der Waals surface area contributed by atoms with Crippen LogP contribution in [0.5, 0.6) is 0 Å². The highest BCUT2D eigenvalue weighted by molar-refractivity contribution is 5.84. The van der Waals surface area contributed by atoms with Gasteiger partial charge in [-0.05, 0) is 43.4 Å². The molecule has 3 N–H and O–H groups in total. The highest BCUT2D eigenvalue weighted by atomic mass is 16.2. The molecule has 3 saturated heterocycles. The lowest BCUT2D eigenvalue weighted by molar-refractivity contribution is -0.119. The number of benzene rings is 1. The molecule has 2 atom stereocenters. The van der Waals surface area contributed by atoms with E-state index in [1.165, 1.54) is 11.9 Å². The molecule has 5 rings (SSSR count). The Balaban J connectivity index is 1.16. The smallest absolute Gasteiger partial charge is 0.320 e. The summed E-state index contributed by atoms with van der Waals surface area (Å²) >= 11 is 0. The second-order valence-electron chi connectivity index (χ2n) is 8.89. The van der Waals surface area contributed by atoms with Crippen molar-refractivity contribution >= 4 is 17.6 Å². The van der Waals surface area contributed by atoms with Gasteiger partial charge in [0.25, 0.3) is 0 Å². The molecule has 2 unspecified atom stereocenters. The minimum Gasteiger partial charge on any atom is -0.368 e. The molecule has 2 aromatic rings. The standard InChI is InChI=1S/C22H29N7O2/c23-20(30)19-3-1-2-9-29(19)18-6-4-15(5-7-18)17-12-28(13-17)22(31)27-10-8-16(11-27)21-24-14-25-26-21/h4-7,14,16-17,19H,1-3,8-13H2,(H2,23,30)(H,24,25,26). The van der Waals surface area contributed by atoms with Gasteiger partial charge in [-0.15, -0.1) is 0 Å². The quantitative estimate of drug-likeness (QED) is 0.777. The molecule has 9 nitrogen and oxygen atoms in total. The van der Waals surface area contributed by atoms with Crippen LogP contribution in [0, 0.1) is 0 Å². The van der Waals surface area contributed by atoms with Crippen molar-refractivity contribution in [3.05, 3.63) is 42.0 Å². The van der Waals surface area contributed by atoms with Crippen molar-refractivity contribution in [1.82, 2.24) is 25.0 Å². The Morgan fingerprint density at radius 2 is 1.74 bits per heavy atom. The Kier molecular flexibility index (Phi) is 5.25. The molecule has 0 bridgehead atoms. The second-order valence-corrected chi connectivity index (χ2v) is 8.89. The maximum atomic E-state index is 12.8. The van der Waals surface area contributed by atoms with Crippen molar-refractivity contribution in [3.63, 3.8) is 0 Å². The first-order valence-corrected chi connectivity index (χ1v) is 11.1. The van der Waals surface area contributed by atoms with Gasteiger partial charge in [0.2, 0.25) is 5.91 Å². The van der Waals surface area contributed by atoms with E-state index in [0.29, 0.717) is 12.5 Å². The first-order valence-electron chi connectivity index (χ1n) is 11.1. The van der Waals surface area contributed by atoms with Crippen LogP contribution in [0.4, 0.5) is 10.5 Å². The van der Waals surface area contributed by atoms with Gasteiger partial charge in [-0.3, -0.25) is 9.89 Å². The fourth-order valence-corrected chi connectivity index (χ4v) is 5.09. The summed E-state index contributed by atoms with van der Waals surface area (Å²) in [4.78, 5) is 34.8. The molecule has 3 aliphatic heterocycles. The van der Waals surface area contributed by atoms with Crippen molar-refractivity contribution in [2.24, 2.45) is 5.73 Å². The van der Waals surface area contributed by atoms with Crippen LogP contribution in [0.2, 0.25) is 0 Å². The number of anilines is 1. The van der Waals surface area contributed by atoms with Crippen LogP contribution in [0.25, 0.3) is 0 Å². The summed E-state index contributed by atoms with van der Waals surface area (Å²) in [6.07, 6.45) is 5.39. The van der Waals surface area contributed by atoms with Crippen molar-refractivity contribution in [1.29, 1.82) is 0 Å². The molecular weight excluding hydrogens is 394 g/mol. The number of aromatic amines is 1. The van der Waals surface area contributed by atoms with Crippen molar-refractivity contribution in [3.8, 4) is 0 Å². The number of amides is 3. The van der Waals surface area contributed by atoms with Gasteiger partial charge in [0.1, 0.15) is 18.2 Å². The molecule has 0 radical (unpaired) electrons. The summed E-state index contributed by atoms with van der Waals surface area (Å²) in [6.45, 7) is 3.81. The highest BCUT2D eigenvalue weighted by Gasteiger charge is 2.37. The van der Waals surface area contributed by atoms with E-state index in [-0.39, 0.29) is 23.9 Å². The van der Waals surface area contributed by atoms with Crippen molar-refractivity contribution in [2.75, 3.05) is 37.6 Å². The monoisotopic (exact) mass is 423 g/mol. The minimum atomic E-state index is -0.246. The number of urea groups is 1. The van der Waals surface area contributed by atoms with Crippen LogP contribution in [-0.2, 0) is 4.79 Å². The minimum absolute atomic E-state index is 0.118. The second kappa shape index (κ2) is 8.20. The van der Waals surface area contributed by atoms with E-state index >= 15 is 0 Å². The van der Waals surface area contributed by atoms with Crippen LogP contribution in [0.1, 0.15) is 48.9 Å². The van der Waals surface area contributed by atoms with E-state index in [4.69, 9.17) is 5.73 Å². The van der Waals surface area contributed by atoms with Crippen LogP contribution >= 0.6 is 0 Å². The first-order chi connectivity index (χ1) is 15.1. The Morgan fingerprint density at radius 1 is 0.968 bits per heavy atom. The average Bonchev–Trinajstić information content (AvgIpc) is 3.45. The van der Waals surface area contributed by atoms with Gasteiger partial charge < -0.3 is 20.4 Å². The summed E-state index contributed by atoms with van der Waals surface area (Å²) in [6, 6.07) is 8.34. The number of nitrogens with zero attached hydrogens (tertiary/aromatic N) is 5. The number of aromatic nitrogens is 3. The third-order valence-electron chi connectivity index (χ3n) is 6.96. The summed E-state index contributed by atoms with van der Waals surface area (Å²) in [5.41, 5.74) is 7.89. The van der Waals surface area contributed by atoms with Crippen molar-refractivity contribution in [2.45, 2.75) is 43.6 Å². The molecule has 31 heavy (non-hydrogen) atoms. The first kappa shape index (κ1) is 19.8. The van der Waals surface area contributed by atoms with E-state index < -0.39 is 0 Å². The van der Waals surface area contributed by atoms with E-state index in [0.717, 1.165) is 63.4 Å². The lowest BCUT2D eigenvalue weighted by Crippen LogP contribution is -2.53. The molecular formula is C22H29N7O2. The zero-order valence-corrected chi connectivity index (χ0v) is 17.6. The van der Waals surface area contributed by atoms with E-state index in [9.17, 15) is 9.59 Å². The van der Waals surface area contributed by atoms with E-state index in [2.05, 4.69) is 44.3 Å². The molecule has 4 heterocycles. The third kappa shape index (κ3) is 3.84. The van der Waals surface area contributed by atoms with Crippen LogP contribution in [-0.4, -0.2) is 75.7 Å². The predicted octanol–water partition coefficient (Wildman–Crippen LogP) is 1.66. The predicted molar refractivity (Wildman–Crippen MR) is 116 cm³/mol. The number of nitrogens with two attached hydrogens (primary N) is 1. The average molecular weight is 424 g/mol. The zero-order valence-electron chi connectivity index (χ0n) is 17.6. The molecule has 3 fully saturated rings. The SMILES string of the molecule is NC(=O)C1CCCCN1c1ccc(C2CN(C(=O)N3CCC(c4ncn[nH]4)C3)C2)cc1. The maximum Gasteiger partial charge on any atom is 0.320 e. The zero-order chi connectivity index (χ0) is 21.4. The molecule has 3 aliphatic rings. The molecule has 1 aromatic heterocycles. The Bertz CT molecular complexity index is 924. The molecule has 9 heteroatoms.